The summed E-state index contributed by atoms with van der Waals surface area (Å²) in [7, 11) is 0. The Balaban J connectivity index is 2.97. The lowest BCUT2D eigenvalue weighted by molar-refractivity contribution is -0.146. The van der Waals surface area contributed by atoms with Gasteiger partial charge in [-0.05, 0) is 51.7 Å². The number of carbonyl (C=O) groups is 2. The molecule has 23 heavy (non-hydrogen) atoms. The Morgan fingerprint density at radius 2 is 1.52 bits per heavy atom. The van der Waals surface area contributed by atoms with Gasteiger partial charge in [0.2, 0.25) is 11.8 Å². The maximum Gasteiger partial charge on any atom is 0.239 e. The van der Waals surface area contributed by atoms with Crippen LogP contribution in [-0.4, -0.2) is 29.8 Å². The molecule has 4 heteroatoms. The highest BCUT2D eigenvalue weighted by molar-refractivity contribution is 6.10. The van der Waals surface area contributed by atoms with Crippen molar-refractivity contribution in [1.29, 1.82) is 0 Å². The minimum absolute atomic E-state index is 0.107. The van der Waals surface area contributed by atoms with E-state index in [2.05, 4.69) is 5.32 Å². The van der Waals surface area contributed by atoms with Crippen molar-refractivity contribution in [1.82, 2.24) is 4.90 Å². The van der Waals surface area contributed by atoms with Crippen LogP contribution in [0.15, 0.2) is 18.2 Å². The van der Waals surface area contributed by atoms with Crippen molar-refractivity contribution in [2.45, 2.75) is 54.4 Å². The number of aryl methyl sites for hydroxylation is 2. The number of benzene rings is 1. The Labute approximate surface area is 140 Å². The van der Waals surface area contributed by atoms with Gasteiger partial charge in [0.15, 0.2) is 0 Å². The first-order valence-electron chi connectivity index (χ1n) is 8.42. The SMILES string of the molecule is CCCN(CCC)C(=O)C(C)(C)C(=O)Nc1c(C)cccc1C. The number of nitrogens with zero attached hydrogens (tertiary/aromatic N) is 1. The van der Waals surface area contributed by atoms with Crippen molar-refractivity contribution in [2.75, 3.05) is 18.4 Å². The minimum atomic E-state index is -1.08. The molecular weight excluding hydrogens is 288 g/mol. The minimum Gasteiger partial charge on any atom is -0.342 e. The zero-order valence-corrected chi connectivity index (χ0v) is 15.3. The van der Waals surface area contributed by atoms with Crippen LogP contribution in [-0.2, 0) is 9.59 Å². The van der Waals surface area contributed by atoms with Gasteiger partial charge in [-0.1, -0.05) is 32.0 Å². The van der Waals surface area contributed by atoms with Crippen LogP contribution in [0.25, 0.3) is 0 Å². The van der Waals surface area contributed by atoms with Crippen LogP contribution in [0.2, 0.25) is 0 Å². The molecule has 0 aliphatic rings. The van der Waals surface area contributed by atoms with Crippen LogP contribution in [0.4, 0.5) is 5.69 Å². The first-order chi connectivity index (χ1) is 10.8. The largest absolute Gasteiger partial charge is 0.342 e. The van der Waals surface area contributed by atoms with Crippen LogP contribution in [0.3, 0.4) is 0 Å². The smallest absolute Gasteiger partial charge is 0.239 e. The molecule has 0 aliphatic carbocycles. The third kappa shape index (κ3) is 4.57. The highest BCUT2D eigenvalue weighted by Crippen LogP contribution is 2.25. The Bertz CT molecular complexity index is 538. The molecule has 1 aromatic rings. The molecule has 0 fully saturated rings. The molecule has 128 valence electrons. The van der Waals surface area contributed by atoms with E-state index >= 15 is 0 Å². The van der Waals surface area contributed by atoms with Gasteiger partial charge in [0.05, 0.1) is 0 Å². The van der Waals surface area contributed by atoms with E-state index < -0.39 is 5.41 Å². The summed E-state index contributed by atoms with van der Waals surface area (Å²) in [4.78, 5) is 27.3. The molecule has 1 aromatic carbocycles. The number of carbonyl (C=O) groups excluding carboxylic acids is 2. The van der Waals surface area contributed by atoms with Crippen molar-refractivity contribution in [3.05, 3.63) is 29.3 Å². The highest BCUT2D eigenvalue weighted by Gasteiger charge is 2.39. The number of nitrogens with one attached hydrogen (secondary N) is 1. The molecule has 0 unspecified atom stereocenters. The van der Waals surface area contributed by atoms with Gasteiger partial charge in [-0.25, -0.2) is 0 Å². The van der Waals surface area contributed by atoms with Crippen molar-refractivity contribution in [2.24, 2.45) is 5.41 Å². The number of anilines is 1. The zero-order valence-electron chi connectivity index (χ0n) is 15.3. The van der Waals surface area contributed by atoms with Gasteiger partial charge in [0.25, 0.3) is 0 Å². The first-order valence-corrected chi connectivity index (χ1v) is 8.42. The summed E-state index contributed by atoms with van der Waals surface area (Å²) in [6.45, 7) is 12.8. The highest BCUT2D eigenvalue weighted by atomic mass is 16.2. The fourth-order valence-electron chi connectivity index (χ4n) is 2.63. The van der Waals surface area contributed by atoms with Crippen LogP contribution >= 0.6 is 0 Å². The van der Waals surface area contributed by atoms with Crippen molar-refractivity contribution < 1.29 is 9.59 Å². The quantitative estimate of drug-likeness (QED) is 0.775. The maximum absolute atomic E-state index is 12.8. The molecule has 1 rings (SSSR count). The fraction of sp³-hybridized carbons (Fsp3) is 0.579. The standard InChI is InChI=1S/C19H30N2O2/c1-7-12-21(13-8-2)18(23)19(5,6)17(22)20-16-14(3)10-9-11-15(16)4/h9-11H,7-8,12-13H2,1-6H3,(H,20,22). The second kappa shape index (κ2) is 8.14. The van der Waals surface area contributed by atoms with E-state index in [4.69, 9.17) is 0 Å². The monoisotopic (exact) mass is 318 g/mol. The summed E-state index contributed by atoms with van der Waals surface area (Å²) in [5.41, 5.74) is 1.72. The number of amides is 2. The lowest BCUT2D eigenvalue weighted by Gasteiger charge is -2.31. The number of hydrogen-bond donors (Lipinski definition) is 1. The molecule has 0 heterocycles. The molecule has 1 N–H and O–H groups in total. The number of hydrogen-bond acceptors (Lipinski definition) is 2. The van der Waals surface area contributed by atoms with E-state index in [0.717, 1.165) is 29.7 Å². The third-order valence-corrected chi connectivity index (χ3v) is 4.10. The predicted molar refractivity (Wildman–Crippen MR) is 95.5 cm³/mol. The summed E-state index contributed by atoms with van der Waals surface area (Å²) in [5.74, 6) is -0.359. The van der Waals surface area contributed by atoms with Crippen molar-refractivity contribution in [3.8, 4) is 0 Å². The molecule has 0 atom stereocenters. The van der Waals surface area contributed by atoms with Gasteiger partial charge < -0.3 is 10.2 Å². The Morgan fingerprint density at radius 3 is 1.96 bits per heavy atom. The van der Waals surface area contributed by atoms with Crippen LogP contribution in [0, 0.1) is 19.3 Å². The van der Waals surface area contributed by atoms with E-state index in [1.165, 1.54) is 0 Å². The van der Waals surface area contributed by atoms with E-state index in [9.17, 15) is 9.59 Å². The molecular formula is C19H30N2O2. The van der Waals surface area contributed by atoms with Crippen LogP contribution < -0.4 is 5.32 Å². The topological polar surface area (TPSA) is 49.4 Å². The molecule has 0 saturated carbocycles. The number of para-hydroxylation sites is 1. The molecule has 0 radical (unpaired) electrons. The van der Waals surface area contributed by atoms with Gasteiger partial charge in [-0.3, -0.25) is 9.59 Å². The molecule has 0 spiro atoms. The summed E-state index contributed by atoms with van der Waals surface area (Å²) < 4.78 is 0. The fourth-order valence-corrected chi connectivity index (χ4v) is 2.63. The lowest BCUT2D eigenvalue weighted by Crippen LogP contribution is -2.48. The van der Waals surface area contributed by atoms with E-state index in [1.54, 1.807) is 18.7 Å². The van der Waals surface area contributed by atoms with Gasteiger partial charge >= 0.3 is 0 Å². The van der Waals surface area contributed by atoms with Crippen LogP contribution in [0.1, 0.15) is 51.7 Å². The maximum atomic E-state index is 12.8. The Kier molecular flexibility index (Phi) is 6.79. The summed E-state index contributed by atoms with van der Waals surface area (Å²) in [6, 6.07) is 5.87. The molecule has 0 saturated heterocycles. The van der Waals surface area contributed by atoms with Crippen molar-refractivity contribution in [3.63, 3.8) is 0 Å². The van der Waals surface area contributed by atoms with Gasteiger partial charge in [0.1, 0.15) is 5.41 Å². The second-order valence-corrected chi connectivity index (χ2v) is 6.64. The Hall–Kier alpha value is -1.84. The van der Waals surface area contributed by atoms with Gasteiger partial charge in [-0.15, -0.1) is 0 Å². The van der Waals surface area contributed by atoms with E-state index in [0.29, 0.717) is 13.1 Å². The zero-order chi connectivity index (χ0) is 17.6. The van der Waals surface area contributed by atoms with Gasteiger partial charge in [-0.2, -0.15) is 0 Å². The molecule has 0 aliphatic heterocycles. The molecule has 2 amide bonds. The first kappa shape index (κ1) is 19.2. The molecule has 4 nitrogen and oxygen atoms in total. The lowest BCUT2D eigenvalue weighted by atomic mass is 9.89. The number of rotatable bonds is 7. The van der Waals surface area contributed by atoms with E-state index in [-0.39, 0.29) is 11.8 Å². The summed E-state index contributed by atoms with van der Waals surface area (Å²) in [5, 5.41) is 2.95. The summed E-state index contributed by atoms with van der Waals surface area (Å²) >= 11 is 0. The average Bonchev–Trinajstić information content (AvgIpc) is 2.49. The average molecular weight is 318 g/mol. The van der Waals surface area contributed by atoms with Crippen LogP contribution in [0.5, 0.6) is 0 Å². The van der Waals surface area contributed by atoms with Gasteiger partial charge in [0, 0.05) is 18.8 Å². The third-order valence-electron chi connectivity index (χ3n) is 4.10. The predicted octanol–water partition coefficient (Wildman–Crippen LogP) is 3.92. The summed E-state index contributed by atoms with van der Waals surface area (Å²) in [6.07, 6.45) is 1.78. The Morgan fingerprint density at radius 1 is 1.04 bits per heavy atom. The van der Waals surface area contributed by atoms with Crippen molar-refractivity contribution >= 4 is 17.5 Å². The normalized spacial score (nSPS) is 11.2. The van der Waals surface area contributed by atoms with E-state index in [1.807, 2.05) is 45.9 Å². The second-order valence-electron chi connectivity index (χ2n) is 6.64. The molecule has 0 bridgehead atoms. The molecule has 0 aromatic heterocycles.